The lowest BCUT2D eigenvalue weighted by Gasteiger charge is -2.17. The lowest BCUT2D eigenvalue weighted by molar-refractivity contribution is 0.922. The molecule has 1 atom stereocenters. The van der Waals surface area contributed by atoms with Crippen LogP contribution in [0.4, 0.5) is 0 Å². The standard InChI is InChI=1S/C4H4Br3I3/c5-4(6,7)1-2(8)3(9)10/h2-3H,1H2. The summed E-state index contributed by atoms with van der Waals surface area (Å²) in [5.41, 5.74) is 0. The van der Waals surface area contributed by atoms with Gasteiger partial charge < -0.3 is 0 Å². The average molecular weight is 672 g/mol. The molecular weight excluding hydrogens is 668 g/mol. The Morgan fingerprint density at radius 3 is 1.60 bits per heavy atom. The van der Waals surface area contributed by atoms with Crippen molar-refractivity contribution in [2.75, 3.05) is 0 Å². The average Bonchev–Trinajstić information content (AvgIpc) is 1.60. The van der Waals surface area contributed by atoms with Crippen LogP contribution in [0.3, 0.4) is 0 Å². The van der Waals surface area contributed by atoms with E-state index in [4.69, 9.17) is 0 Å². The van der Waals surface area contributed by atoms with Gasteiger partial charge in [0, 0.05) is 3.92 Å². The first-order chi connectivity index (χ1) is 4.33. The quantitative estimate of drug-likeness (QED) is 0.279. The van der Waals surface area contributed by atoms with Gasteiger partial charge in [-0.25, -0.2) is 0 Å². The van der Waals surface area contributed by atoms with E-state index in [1.165, 1.54) is 0 Å². The fourth-order valence-corrected chi connectivity index (χ4v) is 4.34. The summed E-state index contributed by atoms with van der Waals surface area (Å²) in [5, 5.41) is 0. The maximum absolute atomic E-state index is 3.47. The molecule has 10 heavy (non-hydrogen) atoms. The van der Waals surface area contributed by atoms with E-state index in [1.807, 2.05) is 0 Å². The molecule has 0 aliphatic rings. The Kier molecular flexibility index (Phi) is 8.42. The van der Waals surface area contributed by atoms with Crippen LogP contribution in [0.5, 0.6) is 0 Å². The molecule has 0 aromatic heterocycles. The molecule has 6 heteroatoms. The molecule has 0 saturated carbocycles. The molecule has 0 radical (unpaired) electrons. The van der Waals surface area contributed by atoms with Crippen LogP contribution < -0.4 is 0 Å². The molecule has 0 aliphatic carbocycles. The second-order valence-electron chi connectivity index (χ2n) is 1.67. The molecule has 0 nitrogen and oxygen atoms in total. The van der Waals surface area contributed by atoms with Crippen molar-refractivity contribution in [3.05, 3.63) is 0 Å². The van der Waals surface area contributed by atoms with Crippen molar-refractivity contribution in [3.63, 3.8) is 0 Å². The third kappa shape index (κ3) is 8.24. The van der Waals surface area contributed by atoms with Crippen molar-refractivity contribution in [2.24, 2.45) is 0 Å². The maximum Gasteiger partial charge on any atom is 0.136 e. The summed E-state index contributed by atoms with van der Waals surface area (Å²) in [5.74, 6) is 0. The van der Waals surface area contributed by atoms with E-state index < -0.39 is 0 Å². The van der Waals surface area contributed by atoms with Gasteiger partial charge in [-0.2, -0.15) is 0 Å². The highest BCUT2D eigenvalue weighted by Crippen LogP contribution is 2.42. The molecular formula is C4H4Br3I3. The number of halogens is 6. The first-order valence-corrected chi connectivity index (χ1v) is 8.43. The summed E-state index contributed by atoms with van der Waals surface area (Å²) in [4.78, 5) is 0. The van der Waals surface area contributed by atoms with Crippen molar-refractivity contribution >= 4 is 116 Å². The fraction of sp³-hybridized carbons (Fsp3) is 1.00. The highest BCUT2D eigenvalue weighted by atomic mass is 127. The van der Waals surface area contributed by atoms with Crippen molar-refractivity contribution in [3.8, 4) is 0 Å². The van der Waals surface area contributed by atoms with E-state index in [1.54, 1.807) is 0 Å². The second-order valence-corrected chi connectivity index (χ2v) is 15.6. The summed E-state index contributed by atoms with van der Waals surface area (Å²) < 4.78 is 1.26. The summed E-state index contributed by atoms with van der Waals surface area (Å²) >= 11 is 17.7. The smallest absolute Gasteiger partial charge is 0.0805 e. The molecule has 0 saturated heterocycles. The number of alkyl halides is 6. The predicted octanol–water partition coefficient (Wildman–Crippen LogP) is 5.21. The Hall–Kier alpha value is 3.63. The predicted molar refractivity (Wildman–Crippen MR) is 83.8 cm³/mol. The summed E-state index contributed by atoms with van der Waals surface area (Å²) in [6.45, 7) is 0. The normalized spacial score (nSPS) is 15.9. The van der Waals surface area contributed by atoms with Gasteiger partial charge >= 0.3 is 0 Å². The number of hydrogen-bond acceptors (Lipinski definition) is 0. The van der Waals surface area contributed by atoms with Gasteiger partial charge in [-0.3, -0.25) is 0 Å². The van der Waals surface area contributed by atoms with E-state index in [0.29, 0.717) is 5.86 Å². The van der Waals surface area contributed by atoms with E-state index in [2.05, 4.69) is 116 Å². The van der Waals surface area contributed by atoms with Gasteiger partial charge in [0.2, 0.25) is 0 Å². The zero-order valence-corrected chi connectivity index (χ0v) is 15.9. The molecule has 0 rings (SSSR count). The lowest BCUT2D eigenvalue weighted by Crippen LogP contribution is -2.14. The third-order valence-electron chi connectivity index (χ3n) is 0.700. The van der Waals surface area contributed by atoms with E-state index in [0.717, 1.165) is 6.42 Å². The second kappa shape index (κ2) is 6.18. The molecule has 0 amide bonds. The van der Waals surface area contributed by atoms with Crippen LogP contribution in [-0.2, 0) is 0 Å². The Morgan fingerprint density at radius 1 is 1.10 bits per heavy atom. The van der Waals surface area contributed by atoms with Crippen LogP contribution in [0.15, 0.2) is 0 Å². The summed E-state index contributed by atoms with van der Waals surface area (Å²) in [6, 6.07) is 0. The zero-order valence-electron chi connectivity index (χ0n) is 4.63. The van der Waals surface area contributed by atoms with E-state index in [9.17, 15) is 0 Å². The molecule has 0 aromatic rings. The zero-order chi connectivity index (χ0) is 8.36. The molecule has 0 N–H and O–H groups in total. The molecule has 0 aliphatic heterocycles. The first-order valence-electron chi connectivity index (χ1n) is 2.32. The minimum Gasteiger partial charge on any atom is -0.0805 e. The molecule has 0 spiro atoms. The molecule has 0 fully saturated rings. The molecule has 1 unspecified atom stereocenters. The van der Waals surface area contributed by atoms with Crippen molar-refractivity contribution < 1.29 is 0 Å². The SMILES string of the molecule is BrC(Br)(Br)CC(I)C(I)I. The highest BCUT2D eigenvalue weighted by molar-refractivity contribution is 14.2. The fourth-order valence-electron chi connectivity index (χ4n) is 0.310. The third-order valence-corrected chi connectivity index (χ3v) is 7.32. The molecule has 0 heterocycles. The lowest BCUT2D eigenvalue weighted by atomic mass is 10.4. The maximum atomic E-state index is 3.47. The van der Waals surface area contributed by atoms with Crippen molar-refractivity contribution in [1.82, 2.24) is 0 Å². The van der Waals surface area contributed by atoms with Gasteiger partial charge in [0.25, 0.3) is 0 Å². The Morgan fingerprint density at radius 2 is 1.50 bits per heavy atom. The Balaban J connectivity index is 3.68. The van der Waals surface area contributed by atoms with Crippen LogP contribution in [0, 0.1) is 0 Å². The first kappa shape index (κ1) is 13.6. The molecule has 0 bridgehead atoms. The van der Waals surface area contributed by atoms with Gasteiger partial charge in [0.15, 0.2) is 0 Å². The topological polar surface area (TPSA) is 0 Å². The van der Waals surface area contributed by atoms with Crippen LogP contribution in [0.1, 0.15) is 6.42 Å². The van der Waals surface area contributed by atoms with Crippen LogP contribution in [-0.4, -0.2) is 8.00 Å². The van der Waals surface area contributed by atoms with E-state index >= 15 is 0 Å². The summed E-state index contributed by atoms with van der Waals surface area (Å²) in [6.07, 6.45) is 1.06. The highest BCUT2D eigenvalue weighted by Gasteiger charge is 2.25. The van der Waals surface area contributed by atoms with Crippen LogP contribution in [0.25, 0.3) is 0 Å². The number of rotatable bonds is 2. The molecule has 0 aromatic carbocycles. The van der Waals surface area contributed by atoms with E-state index in [-0.39, 0.29) is 2.14 Å². The van der Waals surface area contributed by atoms with Crippen LogP contribution in [0.2, 0.25) is 0 Å². The van der Waals surface area contributed by atoms with Gasteiger partial charge in [-0.05, 0) is 6.42 Å². The minimum atomic E-state index is -0.0759. The van der Waals surface area contributed by atoms with Gasteiger partial charge in [-0.15, -0.1) is 0 Å². The van der Waals surface area contributed by atoms with Crippen molar-refractivity contribution in [1.29, 1.82) is 0 Å². The monoisotopic (exact) mass is 669 g/mol. The number of hydrogen-bond donors (Lipinski definition) is 0. The van der Waals surface area contributed by atoms with Gasteiger partial charge in [0.05, 0.1) is 1.93 Å². The van der Waals surface area contributed by atoms with Gasteiger partial charge in [-0.1, -0.05) is 116 Å². The van der Waals surface area contributed by atoms with Crippen molar-refractivity contribution in [2.45, 2.75) is 14.4 Å². The minimum absolute atomic E-state index is 0.0759. The summed E-state index contributed by atoms with van der Waals surface area (Å²) in [7, 11) is 0. The largest absolute Gasteiger partial charge is 0.136 e. The molecule has 62 valence electrons. The van der Waals surface area contributed by atoms with Crippen LogP contribution >= 0.6 is 116 Å². The van der Waals surface area contributed by atoms with Gasteiger partial charge in [0.1, 0.15) is 2.14 Å². The Labute approximate surface area is 127 Å². The Bertz CT molecular complexity index is 100.